The summed E-state index contributed by atoms with van der Waals surface area (Å²) in [6.07, 6.45) is 5.71. The summed E-state index contributed by atoms with van der Waals surface area (Å²) in [6.45, 7) is 4.04. The van der Waals surface area contributed by atoms with Gasteiger partial charge >= 0.3 is 0 Å². The zero-order valence-electron chi connectivity index (χ0n) is 20.8. The third-order valence-electron chi connectivity index (χ3n) is 7.51. The smallest absolute Gasteiger partial charge is 0.269 e. The third kappa shape index (κ3) is 4.10. The summed E-state index contributed by atoms with van der Waals surface area (Å²) in [5.41, 5.74) is 9.67. The van der Waals surface area contributed by atoms with Crippen LogP contribution in [0.2, 0.25) is 0 Å². The molecule has 1 aromatic heterocycles. The Hall–Kier alpha value is -3.95. The number of non-ortho nitro benzene ring substituents is 1. The number of carbonyl (C=O) groups excluding carboxylic acids is 1. The van der Waals surface area contributed by atoms with Crippen molar-refractivity contribution in [1.82, 2.24) is 0 Å². The number of fused-ring (bicyclic) bond motifs is 1. The molecule has 0 bridgehead atoms. The first-order valence-electron chi connectivity index (χ1n) is 12.4. The number of nitrogens with zero attached hydrogens (tertiary/aromatic N) is 4. The van der Waals surface area contributed by atoms with Crippen molar-refractivity contribution in [2.45, 2.75) is 64.7 Å². The van der Waals surface area contributed by atoms with E-state index in [4.69, 9.17) is 5.73 Å². The number of hydrogen-bond acceptors (Lipinski definition) is 8. The first kappa shape index (κ1) is 24.7. The fraction of sp³-hybridized carbons (Fsp3) is 0.393. The van der Waals surface area contributed by atoms with Gasteiger partial charge in [-0.3, -0.25) is 19.8 Å². The highest BCUT2D eigenvalue weighted by Gasteiger charge is 2.46. The largest absolute Gasteiger partial charge is 0.384 e. The summed E-state index contributed by atoms with van der Waals surface area (Å²) in [5, 5.41) is 32.7. The normalized spacial score (nSPS) is 21.0. The van der Waals surface area contributed by atoms with Crippen molar-refractivity contribution in [3.8, 4) is 12.1 Å². The van der Waals surface area contributed by atoms with Gasteiger partial charge in [-0.25, -0.2) is 0 Å². The highest BCUT2D eigenvalue weighted by molar-refractivity contribution is 7.16. The van der Waals surface area contributed by atoms with E-state index in [0.717, 1.165) is 37.7 Å². The number of hydrogen-bond donors (Lipinski definition) is 1. The number of thiophene rings is 1. The first-order valence-corrected chi connectivity index (χ1v) is 13.2. The summed E-state index contributed by atoms with van der Waals surface area (Å²) >= 11 is 1.53. The Balaban J connectivity index is 1.78. The van der Waals surface area contributed by atoms with E-state index in [9.17, 15) is 25.4 Å². The molecule has 9 heteroatoms. The summed E-state index contributed by atoms with van der Waals surface area (Å²) in [5.74, 6) is -0.733. The molecule has 5 rings (SSSR count). The Morgan fingerprint density at radius 2 is 1.92 bits per heavy atom. The monoisotopic (exact) mass is 513 g/mol. The van der Waals surface area contributed by atoms with Crippen molar-refractivity contribution in [3.05, 3.63) is 78.6 Å². The standard InChI is InChI=1S/C28H27N5O3S/c1-28(2)12-21-25(22(34)13-28)24(16-7-6-8-17(11-16)33(35)36)20(15-30)26(31)32(21)27-19(14-29)18-9-4-3-5-10-23(18)37-27/h6-8,11,24H,3-5,9-10,12-13,31H2,1-2H3. The molecular formula is C28H27N5O3S. The maximum atomic E-state index is 13.7. The summed E-state index contributed by atoms with van der Waals surface area (Å²) in [4.78, 5) is 27.7. The quantitative estimate of drug-likeness (QED) is 0.314. The fourth-order valence-electron chi connectivity index (χ4n) is 5.89. The molecule has 0 saturated carbocycles. The molecule has 1 aromatic carbocycles. The molecule has 37 heavy (non-hydrogen) atoms. The van der Waals surface area contributed by atoms with Gasteiger partial charge in [0.2, 0.25) is 0 Å². The van der Waals surface area contributed by atoms with Crippen LogP contribution in [-0.2, 0) is 17.6 Å². The van der Waals surface area contributed by atoms with Gasteiger partial charge in [-0.15, -0.1) is 11.3 Å². The van der Waals surface area contributed by atoms with Crippen LogP contribution in [-0.4, -0.2) is 10.7 Å². The molecule has 2 heterocycles. The van der Waals surface area contributed by atoms with Crippen molar-refractivity contribution in [2.75, 3.05) is 4.90 Å². The number of allylic oxidation sites excluding steroid dienone is 3. The lowest BCUT2D eigenvalue weighted by molar-refractivity contribution is -0.384. The average molecular weight is 514 g/mol. The number of carbonyl (C=O) groups is 1. The van der Waals surface area contributed by atoms with E-state index in [1.54, 1.807) is 17.0 Å². The minimum atomic E-state index is -0.803. The molecule has 0 radical (unpaired) electrons. The molecule has 0 amide bonds. The average Bonchev–Trinajstić information content (AvgIpc) is 3.02. The Kier molecular flexibility index (Phi) is 6.13. The van der Waals surface area contributed by atoms with Crippen LogP contribution in [0.3, 0.4) is 0 Å². The molecule has 188 valence electrons. The zero-order chi connectivity index (χ0) is 26.5. The third-order valence-corrected chi connectivity index (χ3v) is 8.79. The van der Waals surface area contributed by atoms with E-state index in [1.165, 1.54) is 28.3 Å². The predicted molar refractivity (Wildman–Crippen MR) is 140 cm³/mol. The van der Waals surface area contributed by atoms with Crippen LogP contribution in [0.4, 0.5) is 10.7 Å². The summed E-state index contributed by atoms with van der Waals surface area (Å²) in [6, 6.07) is 10.7. The molecule has 2 aliphatic carbocycles. The van der Waals surface area contributed by atoms with Crippen LogP contribution in [0.5, 0.6) is 0 Å². The lowest BCUT2D eigenvalue weighted by Crippen LogP contribution is -2.42. The molecule has 0 fully saturated rings. The molecule has 0 saturated heterocycles. The number of rotatable bonds is 3. The lowest BCUT2D eigenvalue weighted by atomic mass is 9.68. The summed E-state index contributed by atoms with van der Waals surface area (Å²) < 4.78 is 0. The van der Waals surface area contributed by atoms with Gasteiger partial charge in [-0.05, 0) is 48.6 Å². The number of aryl methyl sites for hydroxylation is 1. The first-order chi connectivity index (χ1) is 17.7. The number of anilines is 1. The minimum absolute atomic E-state index is 0.107. The van der Waals surface area contributed by atoms with Crippen molar-refractivity contribution in [2.24, 2.45) is 11.1 Å². The molecule has 1 atom stereocenters. The maximum absolute atomic E-state index is 13.7. The Bertz CT molecular complexity index is 1480. The number of nitriles is 2. The van der Waals surface area contributed by atoms with Gasteiger partial charge in [0, 0.05) is 34.7 Å². The molecule has 0 spiro atoms. The number of nitro groups is 1. The number of Topliss-reactive ketones (excluding diaryl/α,β-unsaturated/α-hetero) is 1. The lowest BCUT2D eigenvalue weighted by Gasteiger charge is -2.43. The van der Waals surface area contributed by atoms with E-state index < -0.39 is 10.8 Å². The van der Waals surface area contributed by atoms with Crippen LogP contribution in [0, 0.1) is 38.2 Å². The van der Waals surface area contributed by atoms with E-state index >= 15 is 0 Å². The van der Waals surface area contributed by atoms with Crippen molar-refractivity contribution < 1.29 is 9.72 Å². The van der Waals surface area contributed by atoms with Crippen molar-refractivity contribution >= 4 is 27.8 Å². The van der Waals surface area contributed by atoms with E-state index in [2.05, 4.69) is 12.1 Å². The molecule has 1 unspecified atom stereocenters. The zero-order valence-corrected chi connectivity index (χ0v) is 21.7. The Morgan fingerprint density at radius 3 is 2.62 bits per heavy atom. The highest BCUT2D eigenvalue weighted by Crippen LogP contribution is 2.52. The van der Waals surface area contributed by atoms with Gasteiger partial charge in [-0.1, -0.05) is 32.4 Å². The number of ketones is 1. The van der Waals surface area contributed by atoms with E-state index in [1.807, 2.05) is 13.8 Å². The molecule has 8 nitrogen and oxygen atoms in total. The topological polar surface area (TPSA) is 137 Å². The van der Waals surface area contributed by atoms with E-state index in [0.29, 0.717) is 33.8 Å². The van der Waals surface area contributed by atoms with Gasteiger partial charge in [-0.2, -0.15) is 10.5 Å². The SMILES string of the molecule is CC1(C)CC(=O)C2=C(C1)N(c1sc3c(c1C#N)CCCCC3)C(N)=C(C#N)C2c1cccc([N+](=O)[O-])c1. The van der Waals surface area contributed by atoms with Crippen molar-refractivity contribution in [1.29, 1.82) is 10.5 Å². The predicted octanol–water partition coefficient (Wildman–Crippen LogP) is 5.74. The second-order valence-corrected chi connectivity index (χ2v) is 11.8. The van der Waals surface area contributed by atoms with Gasteiger partial charge in [0.1, 0.15) is 16.9 Å². The van der Waals surface area contributed by atoms with Crippen LogP contribution in [0.25, 0.3) is 0 Å². The Morgan fingerprint density at radius 1 is 1.16 bits per heavy atom. The van der Waals surface area contributed by atoms with Gasteiger partial charge < -0.3 is 5.73 Å². The number of benzene rings is 1. The van der Waals surface area contributed by atoms with Crippen LogP contribution < -0.4 is 10.6 Å². The summed E-state index contributed by atoms with van der Waals surface area (Å²) in [7, 11) is 0. The minimum Gasteiger partial charge on any atom is -0.384 e. The second kappa shape index (κ2) is 9.17. The van der Waals surface area contributed by atoms with Gasteiger partial charge in [0.25, 0.3) is 5.69 Å². The Labute approximate surface area is 219 Å². The van der Waals surface area contributed by atoms with Gasteiger partial charge in [0.15, 0.2) is 5.78 Å². The van der Waals surface area contributed by atoms with Crippen molar-refractivity contribution in [3.63, 3.8) is 0 Å². The highest BCUT2D eigenvalue weighted by atomic mass is 32.1. The maximum Gasteiger partial charge on any atom is 0.269 e. The fourth-order valence-corrected chi connectivity index (χ4v) is 7.27. The van der Waals surface area contributed by atoms with Crippen LogP contribution in [0.1, 0.15) is 73.4 Å². The molecule has 2 aromatic rings. The molecule has 3 aliphatic rings. The molecule has 1 aliphatic heterocycles. The molecule has 2 N–H and O–H groups in total. The number of nitro benzene ring substituents is 1. The second-order valence-electron chi connectivity index (χ2n) is 10.7. The molecular weight excluding hydrogens is 486 g/mol. The van der Waals surface area contributed by atoms with Crippen LogP contribution >= 0.6 is 11.3 Å². The van der Waals surface area contributed by atoms with E-state index in [-0.39, 0.29) is 34.7 Å². The van der Waals surface area contributed by atoms with Crippen LogP contribution in [0.15, 0.2) is 46.9 Å². The van der Waals surface area contributed by atoms with Gasteiger partial charge in [0.05, 0.1) is 28.0 Å². The number of nitrogens with two attached hydrogens (primary N) is 1.